The Morgan fingerprint density at radius 3 is 2.33 bits per heavy atom. The minimum Gasteiger partial charge on any atom is -0.324 e. The number of para-hydroxylation sites is 1. The molecule has 0 bridgehead atoms. The van der Waals surface area contributed by atoms with Crippen LogP contribution in [0.2, 0.25) is 0 Å². The van der Waals surface area contributed by atoms with Gasteiger partial charge in [-0.25, -0.2) is 0 Å². The van der Waals surface area contributed by atoms with Gasteiger partial charge in [0, 0.05) is 9.79 Å². The highest BCUT2D eigenvalue weighted by molar-refractivity contribution is 8.00. The summed E-state index contributed by atoms with van der Waals surface area (Å²) in [5, 5.41) is 2.88. The number of rotatable bonds is 5. The van der Waals surface area contributed by atoms with Crippen molar-refractivity contribution in [2.75, 3.05) is 11.6 Å². The average molecular weight is 317 g/mol. The third-order valence-electron chi connectivity index (χ3n) is 3.13. The van der Waals surface area contributed by atoms with Gasteiger partial charge in [-0.15, -0.1) is 23.5 Å². The van der Waals surface area contributed by atoms with E-state index >= 15 is 0 Å². The van der Waals surface area contributed by atoms with Crippen LogP contribution < -0.4 is 5.32 Å². The quantitative estimate of drug-likeness (QED) is 0.800. The minimum atomic E-state index is -0.138. The predicted octanol–water partition coefficient (Wildman–Crippen LogP) is 4.84. The largest absolute Gasteiger partial charge is 0.324 e. The molecule has 0 spiro atoms. The van der Waals surface area contributed by atoms with Crippen LogP contribution in [-0.2, 0) is 4.79 Å². The van der Waals surface area contributed by atoms with E-state index in [2.05, 4.69) is 24.4 Å². The van der Waals surface area contributed by atoms with Crippen LogP contribution in [0.1, 0.15) is 12.5 Å². The summed E-state index contributed by atoms with van der Waals surface area (Å²) in [6, 6.07) is 16.0. The van der Waals surface area contributed by atoms with Gasteiger partial charge >= 0.3 is 0 Å². The predicted molar refractivity (Wildman–Crippen MR) is 93.4 cm³/mol. The van der Waals surface area contributed by atoms with Crippen LogP contribution in [-0.4, -0.2) is 17.4 Å². The highest BCUT2D eigenvalue weighted by atomic mass is 32.2. The average Bonchev–Trinajstić information content (AvgIpc) is 2.50. The molecule has 2 aromatic carbocycles. The molecular formula is C17H19NOS2. The molecule has 2 nitrogen and oxygen atoms in total. The molecule has 0 radical (unpaired) electrons. The summed E-state index contributed by atoms with van der Waals surface area (Å²) >= 11 is 3.23. The first-order chi connectivity index (χ1) is 10.1. The fourth-order valence-electron chi connectivity index (χ4n) is 1.91. The second kappa shape index (κ2) is 7.57. The molecule has 0 fully saturated rings. The number of thioether (sulfide) groups is 2. The standard InChI is InChI=1S/C17H19NOS2/c1-12-8-4-6-10-15(12)21-13(2)17(19)18-14-9-5-7-11-16(14)20-3/h4-11,13H,1-3H3,(H,18,19). The molecule has 4 heteroatoms. The Morgan fingerprint density at radius 2 is 1.67 bits per heavy atom. The van der Waals surface area contributed by atoms with Crippen molar-refractivity contribution >= 4 is 35.1 Å². The van der Waals surface area contributed by atoms with Crippen LogP contribution in [0.4, 0.5) is 5.69 Å². The van der Waals surface area contributed by atoms with Crippen LogP contribution in [0.15, 0.2) is 58.3 Å². The van der Waals surface area contributed by atoms with Gasteiger partial charge in [-0.1, -0.05) is 30.3 Å². The van der Waals surface area contributed by atoms with Crippen molar-refractivity contribution in [3.63, 3.8) is 0 Å². The zero-order valence-electron chi connectivity index (χ0n) is 12.4. The Morgan fingerprint density at radius 1 is 1.05 bits per heavy atom. The normalized spacial score (nSPS) is 12.0. The second-order valence-electron chi connectivity index (χ2n) is 4.72. The van der Waals surface area contributed by atoms with E-state index in [0.717, 1.165) is 15.5 Å². The highest BCUT2D eigenvalue weighted by Gasteiger charge is 2.16. The third kappa shape index (κ3) is 4.29. The first-order valence-corrected chi connectivity index (χ1v) is 8.88. The van der Waals surface area contributed by atoms with Gasteiger partial charge in [-0.2, -0.15) is 0 Å². The summed E-state index contributed by atoms with van der Waals surface area (Å²) < 4.78 is 0. The van der Waals surface area contributed by atoms with E-state index < -0.39 is 0 Å². The van der Waals surface area contributed by atoms with E-state index in [-0.39, 0.29) is 11.2 Å². The van der Waals surface area contributed by atoms with Crippen molar-refractivity contribution in [3.05, 3.63) is 54.1 Å². The van der Waals surface area contributed by atoms with E-state index in [1.165, 1.54) is 5.56 Å². The molecular weight excluding hydrogens is 298 g/mol. The van der Waals surface area contributed by atoms with E-state index in [9.17, 15) is 4.79 Å². The lowest BCUT2D eigenvalue weighted by molar-refractivity contribution is -0.115. The summed E-state index contributed by atoms with van der Waals surface area (Å²) in [4.78, 5) is 14.6. The molecule has 0 aliphatic carbocycles. The van der Waals surface area contributed by atoms with Gasteiger partial charge in [0.25, 0.3) is 0 Å². The molecule has 1 atom stereocenters. The summed E-state index contributed by atoms with van der Waals surface area (Å²) in [6.45, 7) is 4.00. The molecule has 21 heavy (non-hydrogen) atoms. The number of hydrogen-bond acceptors (Lipinski definition) is 3. The van der Waals surface area contributed by atoms with E-state index in [0.29, 0.717) is 0 Å². The summed E-state index contributed by atoms with van der Waals surface area (Å²) in [6.07, 6.45) is 2.01. The molecule has 2 aromatic rings. The molecule has 2 rings (SSSR count). The van der Waals surface area contributed by atoms with Crippen molar-refractivity contribution < 1.29 is 4.79 Å². The van der Waals surface area contributed by atoms with Crippen LogP contribution in [0.5, 0.6) is 0 Å². The van der Waals surface area contributed by atoms with Crippen molar-refractivity contribution in [2.24, 2.45) is 0 Å². The Bertz CT molecular complexity index is 628. The van der Waals surface area contributed by atoms with Crippen molar-refractivity contribution in [1.29, 1.82) is 0 Å². The smallest absolute Gasteiger partial charge is 0.237 e. The molecule has 110 valence electrons. The lowest BCUT2D eigenvalue weighted by Crippen LogP contribution is -2.22. The maximum Gasteiger partial charge on any atom is 0.237 e. The summed E-state index contributed by atoms with van der Waals surface area (Å²) in [5.74, 6) is 0.0322. The zero-order chi connectivity index (χ0) is 15.2. The van der Waals surface area contributed by atoms with Gasteiger partial charge in [0.2, 0.25) is 5.91 Å². The van der Waals surface area contributed by atoms with Crippen LogP contribution >= 0.6 is 23.5 Å². The SMILES string of the molecule is CSc1ccccc1NC(=O)C(C)Sc1ccccc1C. The Balaban J connectivity index is 2.05. The minimum absolute atomic E-state index is 0.0322. The third-order valence-corrected chi connectivity index (χ3v) is 5.21. The molecule has 1 unspecified atom stereocenters. The fourth-order valence-corrected chi connectivity index (χ4v) is 3.43. The lowest BCUT2D eigenvalue weighted by atomic mass is 10.2. The maximum atomic E-state index is 12.4. The van der Waals surface area contributed by atoms with Crippen LogP contribution in [0, 0.1) is 6.92 Å². The van der Waals surface area contributed by atoms with Gasteiger partial charge in [-0.3, -0.25) is 4.79 Å². The van der Waals surface area contributed by atoms with E-state index in [1.54, 1.807) is 23.5 Å². The zero-order valence-corrected chi connectivity index (χ0v) is 14.1. The van der Waals surface area contributed by atoms with Gasteiger partial charge in [0.15, 0.2) is 0 Å². The number of carbonyl (C=O) groups is 1. The topological polar surface area (TPSA) is 29.1 Å². The monoisotopic (exact) mass is 317 g/mol. The first kappa shape index (κ1) is 16.0. The number of carbonyl (C=O) groups excluding carboxylic acids is 1. The number of nitrogens with one attached hydrogen (secondary N) is 1. The highest BCUT2D eigenvalue weighted by Crippen LogP contribution is 2.29. The maximum absolute atomic E-state index is 12.4. The number of amides is 1. The number of anilines is 1. The molecule has 0 aliphatic rings. The molecule has 1 N–H and O–H groups in total. The Kier molecular flexibility index (Phi) is 5.76. The summed E-state index contributed by atoms with van der Waals surface area (Å²) in [7, 11) is 0. The molecule has 0 aromatic heterocycles. The first-order valence-electron chi connectivity index (χ1n) is 6.78. The Labute approximate surface area is 134 Å². The van der Waals surface area contributed by atoms with Gasteiger partial charge in [0.1, 0.15) is 0 Å². The van der Waals surface area contributed by atoms with Gasteiger partial charge in [0.05, 0.1) is 10.9 Å². The van der Waals surface area contributed by atoms with Gasteiger partial charge in [-0.05, 0) is 43.9 Å². The van der Waals surface area contributed by atoms with E-state index in [4.69, 9.17) is 0 Å². The van der Waals surface area contributed by atoms with Crippen molar-refractivity contribution in [1.82, 2.24) is 0 Å². The summed E-state index contributed by atoms with van der Waals surface area (Å²) in [5.41, 5.74) is 2.08. The number of hydrogen-bond donors (Lipinski definition) is 1. The Hall–Kier alpha value is -1.39. The number of benzene rings is 2. The lowest BCUT2D eigenvalue weighted by Gasteiger charge is -2.15. The van der Waals surface area contributed by atoms with Crippen molar-refractivity contribution in [2.45, 2.75) is 28.9 Å². The van der Waals surface area contributed by atoms with E-state index in [1.807, 2.05) is 49.6 Å². The molecule has 0 heterocycles. The van der Waals surface area contributed by atoms with Crippen molar-refractivity contribution in [3.8, 4) is 0 Å². The molecule has 0 saturated carbocycles. The van der Waals surface area contributed by atoms with Gasteiger partial charge < -0.3 is 5.32 Å². The van der Waals surface area contributed by atoms with Crippen LogP contribution in [0.25, 0.3) is 0 Å². The second-order valence-corrected chi connectivity index (χ2v) is 6.95. The van der Waals surface area contributed by atoms with Crippen LogP contribution in [0.3, 0.4) is 0 Å². The number of aryl methyl sites for hydroxylation is 1. The fraction of sp³-hybridized carbons (Fsp3) is 0.235. The molecule has 1 amide bonds. The molecule has 0 saturated heterocycles. The molecule has 0 aliphatic heterocycles.